The van der Waals surface area contributed by atoms with Crippen molar-refractivity contribution in [1.29, 1.82) is 0 Å². The molecule has 22 heavy (non-hydrogen) atoms. The molecule has 0 aromatic carbocycles. The predicted molar refractivity (Wildman–Crippen MR) is 74.2 cm³/mol. The predicted octanol–water partition coefficient (Wildman–Crippen LogP) is 2.13. The molecule has 0 aliphatic carbocycles. The molecule has 0 saturated carbocycles. The van der Waals surface area contributed by atoms with E-state index in [1.807, 2.05) is 4.90 Å². The van der Waals surface area contributed by atoms with Gasteiger partial charge in [0, 0.05) is 45.1 Å². The first-order valence-corrected chi connectivity index (χ1v) is 7.76. The van der Waals surface area contributed by atoms with Crippen molar-refractivity contribution < 1.29 is 22.8 Å². The van der Waals surface area contributed by atoms with Crippen LogP contribution >= 0.6 is 0 Å². The largest absolute Gasteiger partial charge is 0.389 e. The Morgan fingerprint density at radius 2 is 1.91 bits per heavy atom. The monoisotopic (exact) mass is 321 g/mol. The van der Waals surface area contributed by atoms with E-state index in [2.05, 4.69) is 5.32 Å². The van der Waals surface area contributed by atoms with E-state index >= 15 is 0 Å². The third-order valence-corrected chi connectivity index (χ3v) is 4.22. The Bertz CT molecular complexity index is 407. The van der Waals surface area contributed by atoms with Gasteiger partial charge in [-0.15, -0.1) is 0 Å². The minimum atomic E-state index is -4.20. The van der Waals surface area contributed by atoms with Crippen LogP contribution in [0, 0.1) is 0 Å². The van der Waals surface area contributed by atoms with Crippen LogP contribution in [0.15, 0.2) is 0 Å². The summed E-state index contributed by atoms with van der Waals surface area (Å²) in [5.74, 6) is -0.217. The Kier molecular flexibility index (Phi) is 5.52. The molecule has 8 heteroatoms. The Hall–Kier alpha value is -1.47. The summed E-state index contributed by atoms with van der Waals surface area (Å²) in [5.41, 5.74) is 0. The minimum absolute atomic E-state index is 0.0544. The average Bonchev–Trinajstić information content (AvgIpc) is 2.46. The number of nitrogens with zero attached hydrogens (tertiary/aromatic N) is 2. The van der Waals surface area contributed by atoms with Crippen molar-refractivity contribution in [3.05, 3.63) is 0 Å². The van der Waals surface area contributed by atoms with Gasteiger partial charge in [-0.05, 0) is 25.7 Å². The topological polar surface area (TPSA) is 52.7 Å². The van der Waals surface area contributed by atoms with Crippen molar-refractivity contribution in [2.75, 3.05) is 26.2 Å². The van der Waals surface area contributed by atoms with Gasteiger partial charge in [-0.25, -0.2) is 4.79 Å². The third-order valence-electron chi connectivity index (χ3n) is 4.22. The van der Waals surface area contributed by atoms with Gasteiger partial charge in [0.1, 0.15) is 0 Å². The van der Waals surface area contributed by atoms with Crippen molar-refractivity contribution >= 4 is 11.9 Å². The SMILES string of the molecule is O=C(CCCC(F)(F)F)N1CCC(N2CCCNC2=O)CC1. The highest BCUT2D eigenvalue weighted by Crippen LogP contribution is 2.23. The van der Waals surface area contributed by atoms with Crippen molar-refractivity contribution in [2.45, 2.75) is 50.7 Å². The molecule has 0 radical (unpaired) electrons. The van der Waals surface area contributed by atoms with Gasteiger partial charge in [-0.2, -0.15) is 13.2 Å². The number of urea groups is 1. The summed E-state index contributed by atoms with van der Waals surface area (Å²) >= 11 is 0. The van der Waals surface area contributed by atoms with Gasteiger partial charge in [0.05, 0.1) is 0 Å². The van der Waals surface area contributed by atoms with Crippen LogP contribution in [0.1, 0.15) is 38.5 Å². The van der Waals surface area contributed by atoms with Gasteiger partial charge in [-0.3, -0.25) is 4.79 Å². The number of halogens is 3. The molecule has 5 nitrogen and oxygen atoms in total. The molecular formula is C14H22F3N3O2. The van der Waals surface area contributed by atoms with Crippen LogP contribution in [0.25, 0.3) is 0 Å². The Morgan fingerprint density at radius 1 is 1.23 bits per heavy atom. The first-order chi connectivity index (χ1) is 10.4. The van der Waals surface area contributed by atoms with E-state index in [9.17, 15) is 22.8 Å². The molecule has 2 heterocycles. The zero-order chi connectivity index (χ0) is 16.2. The molecular weight excluding hydrogens is 299 g/mol. The highest BCUT2D eigenvalue weighted by molar-refractivity contribution is 5.77. The second-order valence-electron chi connectivity index (χ2n) is 5.86. The van der Waals surface area contributed by atoms with Gasteiger partial charge >= 0.3 is 12.2 Å². The van der Waals surface area contributed by atoms with Crippen molar-refractivity contribution in [1.82, 2.24) is 15.1 Å². The minimum Gasteiger partial charge on any atom is -0.343 e. The van der Waals surface area contributed by atoms with E-state index < -0.39 is 12.6 Å². The maximum absolute atomic E-state index is 12.1. The number of nitrogens with one attached hydrogen (secondary N) is 1. The van der Waals surface area contributed by atoms with Gasteiger partial charge in [-0.1, -0.05) is 0 Å². The Labute approximate surface area is 127 Å². The molecule has 2 saturated heterocycles. The van der Waals surface area contributed by atoms with Crippen molar-refractivity contribution in [3.63, 3.8) is 0 Å². The normalized spacial score (nSPS) is 21.0. The van der Waals surface area contributed by atoms with E-state index in [1.54, 1.807) is 4.90 Å². The fourth-order valence-corrected chi connectivity index (χ4v) is 3.02. The second-order valence-corrected chi connectivity index (χ2v) is 5.86. The Balaban J connectivity index is 1.72. The molecule has 0 bridgehead atoms. The van der Waals surface area contributed by atoms with E-state index in [0.717, 1.165) is 13.0 Å². The van der Waals surface area contributed by atoms with Crippen LogP contribution in [0.5, 0.6) is 0 Å². The quantitative estimate of drug-likeness (QED) is 0.862. The zero-order valence-corrected chi connectivity index (χ0v) is 12.5. The third kappa shape index (κ3) is 4.78. The van der Waals surface area contributed by atoms with Crippen molar-refractivity contribution in [3.8, 4) is 0 Å². The highest BCUT2D eigenvalue weighted by atomic mass is 19.4. The lowest BCUT2D eigenvalue weighted by Gasteiger charge is -2.40. The first kappa shape index (κ1) is 16.9. The average molecular weight is 321 g/mol. The summed E-state index contributed by atoms with van der Waals surface area (Å²) in [7, 11) is 0. The van der Waals surface area contributed by atoms with E-state index in [-0.39, 0.29) is 30.8 Å². The molecule has 0 atom stereocenters. The Morgan fingerprint density at radius 3 is 2.50 bits per heavy atom. The van der Waals surface area contributed by atoms with Gasteiger partial charge in [0.2, 0.25) is 5.91 Å². The maximum Gasteiger partial charge on any atom is 0.389 e. The number of hydrogen-bond donors (Lipinski definition) is 1. The highest BCUT2D eigenvalue weighted by Gasteiger charge is 2.31. The lowest BCUT2D eigenvalue weighted by Crippen LogP contribution is -2.54. The van der Waals surface area contributed by atoms with Crippen molar-refractivity contribution in [2.24, 2.45) is 0 Å². The fraction of sp³-hybridized carbons (Fsp3) is 0.857. The second kappa shape index (κ2) is 7.19. The van der Waals surface area contributed by atoms with Gasteiger partial charge < -0.3 is 15.1 Å². The molecule has 0 unspecified atom stereocenters. The summed E-state index contributed by atoms with van der Waals surface area (Å²) in [6.07, 6.45) is -3.03. The summed E-state index contributed by atoms with van der Waals surface area (Å²) in [4.78, 5) is 27.1. The lowest BCUT2D eigenvalue weighted by atomic mass is 10.0. The summed E-state index contributed by atoms with van der Waals surface area (Å²) in [5, 5.41) is 2.81. The van der Waals surface area contributed by atoms with Crippen LogP contribution in [0.2, 0.25) is 0 Å². The van der Waals surface area contributed by atoms with E-state index in [0.29, 0.717) is 32.5 Å². The molecule has 126 valence electrons. The zero-order valence-electron chi connectivity index (χ0n) is 12.5. The number of rotatable bonds is 4. The number of likely N-dealkylation sites (tertiary alicyclic amines) is 1. The molecule has 2 aliphatic rings. The number of piperidine rings is 1. The molecule has 1 N–H and O–H groups in total. The molecule has 2 rings (SSSR count). The molecule has 0 aromatic rings. The number of carbonyl (C=O) groups is 2. The van der Waals surface area contributed by atoms with E-state index in [1.165, 1.54) is 0 Å². The molecule has 3 amide bonds. The first-order valence-electron chi connectivity index (χ1n) is 7.76. The van der Waals surface area contributed by atoms with Crippen LogP contribution < -0.4 is 5.32 Å². The van der Waals surface area contributed by atoms with Gasteiger partial charge in [0.15, 0.2) is 0 Å². The number of carbonyl (C=O) groups excluding carboxylic acids is 2. The van der Waals surface area contributed by atoms with Crippen LogP contribution in [0.4, 0.5) is 18.0 Å². The van der Waals surface area contributed by atoms with Crippen LogP contribution in [0.3, 0.4) is 0 Å². The van der Waals surface area contributed by atoms with Gasteiger partial charge in [0.25, 0.3) is 0 Å². The van der Waals surface area contributed by atoms with Crippen LogP contribution in [-0.2, 0) is 4.79 Å². The number of amides is 3. The van der Waals surface area contributed by atoms with Crippen LogP contribution in [-0.4, -0.2) is 60.1 Å². The standard InChI is InChI=1S/C14H22F3N3O2/c15-14(16,17)6-1-3-12(21)19-9-4-11(5-10-19)20-8-2-7-18-13(20)22/h11H,1-10H2,(H,18,22). The fourth-order valence-electron chi connectivity index (χ4n) is 3.02. The number of hydrogen-bond acceptors (Lipinski definition) is 2. The molecule has 0 aromatic heterocycles. The molecule has 2 aliphatic heterocycles. The number of alkyl halides is 3. The summed E-state index contributed by atoms with van der Waals surface area (Å²) in [6, 6.07) is 0.0701. The summed E-state index contributed by atoms with van der Waals surface area (Å²) in [6.45, 7) is 2.46. The molecule has 0 spiro atoms. The molecule has 2 fully saturated rings. The van der Waals surface area contributed by atoms with E-state index in [4.69, 9.17) is 0 Å². The smallest absolute Gasteiger partial charge is 0.343 e. The summed E-state index contributed by atoms with van der Waals surface area (Å²) < 4.78 is 36.2. The maximum atomic E-state index is 12.1. The lowest BCUT2D eigenvalue weighted by molar-refractivity contribution is -0.140.